The van der Waals surface area contributed by atoms with Crippen LogP contribution in [-0.4, -0.2) is 12.2 Å². The second-order valence-electron chi connectivity index (χ2n) is 2.23. The van der Waals surface area contributed by atoms with Crippen LogP contribution in [0.2, 0.25) is 0 Å². The zero-order chi connectivity index (χ0) is 8.81. The fraction of sp³-hybridized carbons (Fsp3) is 0.111. The van der Waals surface area contributed by atoms with E-state index in [1.807, 2.05) is 30.3 Å². The first-order valence-electron chi connectivity index (χ1n) is 3.55. The zero-order valence-corrected chi connectivity index (χ0v) is 6.73. The Morgan fingerprint density at radius 1 is 1.42 bits per heavy atom. The minimum absolute atomic E-state index is 0.415. The van der Waals surface area contributed by atoms with Crippen molar-refractivity contribution in [1.29, 1.82) is 0 Å². The second-order valence-corrected chi connectivity index (χ2v) is 2.23. The topological polar surface area (TPSA) is 38.7 Å². The predicted molar refractivity (Wildman–Crippen MR) is 45.8 cm³/mol. The number of benzene rings is 1. The molecule has 0 radical (unpaired) electrons. The van der Waals surface area contributed by atoms with Crippen LogP contribution in [0.1, 0.15) is 12.5 Å². The van der Waals surface area contributed by atoms with Gasteiger partial charge in [0.2, 0.25) is 0 Å². The molecule has 0 atom stereocenters. The normalized spacial score (nSPS) is 10.1. The third kappa shape index (κ3) is 2.96. The van der Waals surface area contributed by atoms with E-state index in [4.69, 9.17) is 0 Å². The van der Waals surface area contributed by atoms with Crippen molar-refractivity contribution in [2.45, 2.75) is 6.92 Å². The molecule has 0 aliphatic heterocycles. The van der Waals surface area contributed by atoms with Crippen molar-refractivity contribution in [3.05, 3.63) is 35.9 Å². The fourth-order valence-electron chi connectivity index (χ4n) is 0.701. The van der Waals surface area contributed by atoms with Crippen LogP contribution in [0.25, 0.3) is 0 Å². The van der Waals surface area contributed by atoms with Gasteiger partial charge in [0.25, 0.3) is 0 Å². The maximum absolute atomic E-state index is 10.3. The van der Waals surface area contributed by atoms with Crippen LogP contribution in [0.3, 0.4) is 0 Å². The van der Waals surface area contributed by atoms with Gasteiger partial charge in [-0.3, -0.25) is 0 Å². The molecule has 0 aliphatic carbocycles. The molecule has 0 aromatic heterocycles. The molecule has 0 saturated heterocycles. The van der Waals surface area contributed by atoms with Gasteiger partial charge >= 0.3 is 5.97 Å². The van der Waals surface area contributed by atoms with Gasteiger partial charge in [0.1, 0.15) is 0 Å². The maximum Gasteiger partial charge on any atom is 0.331 e. The van der Waals surface area contributed by atoms with Gasteiger partial charge in [0.15, 0.2) is 0 Å². The second kappa shape index (κ2) is 4.28. The molecule has 3 nitrogen and oxygen atoms in total. The Morgan fingerprint density at radius 3 is 2.67 bits per heavy atom. The van der Waals surface area contributed by atoms with Crippen molar-refractivity contribution in [3.8, 4) is 0 Å². The highest BCUT2D eigenvalue weighted by atomic mass is 16.7. The van der Waals surface area contributed by atoms with Gasteiger partial charge in [0.05, 0.1) is 6.21 Å². The highest BCUT2D eigenvalue weighted by molar-refractivity contribution is 5.79. The van der Waals surface area contributed by atoms with Crippen molar-refractivity contribution >= 4 is 12.2 Å². The van der Waals surface area contributed by atoms with Gasteiger partial charge in [0, 0.05) is 6.92 Å². The Hall–Kier alpha value is -1.64. The highest BCUT2D eigenvalue weighted by Gasteiger charge is 1.87. The minimum Gasteiger partial charge on any atom is -0.319 e. The molecule has 0 N–H and O–H groups in total. The zero-order valence-electron chi connectivity index (χ0n) is 6.73. The molecule has 0 heterocycles. The van der Waals surface area contributed by atoms with E-state index in [2.05, 4.69) is 9.99 Å². The van der Waals surface area contributed by atoms with Gasteiger partial charge in [-0.15, -0.1) is 0 Å². The molecule has 1 aromatic carbocycles. The molecule has 0 aliphatic rings. The summed E-state index contributed by atoms with van der Waals surface area (Å²) in [4.78, 5) is 14.7. The van der Waals surface area contributed by atoms with Crippen molar-refractivity contribution in [2.24, 2.45) is 5.16 Å². The SMILES string of the molecule is CC(=O)ON=Cc1ccccc1. The van der Waals surface area contributed by atoms with E-state index >= 15 is 0 Å². The number of rotatable bonds is 2. The van der Waals surface area contributed by atoms with Gasteiger partial charge in [-0.1, -0.05) is 35.5 Å². The van der Waals surface area contributed by atoms with Crippen LogP contribution in [0.4, 0.5) is 0 Å². The van der Waals surface area contributed by atoms with Gasteiger partial charge < -0.3 is 4.84 Å². The highest BCUT2D eigenvalue weighted by Crippen LogP contribution is 1.93. The van der Waals surface area contributed by atoms with Gasteiger partial charge in [-0.05, 0) is 5.56 Å². The molecule has 0 bridgehead atoms. The number of hydrogen-bond acceptors (Lipinski definition) is 3. The summed E-state index contributed by atoms with van der Waals surface area (Å²) in [5, 5.41) is 3.47. The molecule has 0 amide bonds. The summed E-state index contributed by atoms with van der Waals surface area (Å²) >= 11 is 0. The van der Waals surface area contributed by atoms with Crippen molar-refractivity contribution in [1.82, 2.24) is 0 Å². The molecule has 3 heteroatoms. The van der Waals surface area contributed by atoms with Crippen molar-refractivity contribution in [3.63, 3.8) is 0 Å². The van der Waals surface area contributed by atoms with E-state index in [0.29, 0.717) is 0 Å². The first-order valence-corrected chi connectivity index (χ1v) is 3.55. The van der Waals surface area contributed by atoms with E-state index in [9.17, 15) is 4.79 Å². The minimum atomic E-state index is -0.415. The summed E-state index contributed by atoms with van der Waals surface area (Å²) in [6, 6.07) is 9.41. The largest absolute Gasteiger partial charge is 0.331 e. The van der Waals surface area contributed by atoms with Crippen LogP contribution in [0.15, 0.2) is 35.5 Å². The Labute approximate surface area is 70.7 Å². The van der Waals surface area contributed by atoms with Crippen LogP contribution >= 0.6 is 0 Å². The lowest BCUT2D eigenvalue weighted by Crippen LogP contribution is -1.91. The molecule has 1 rings (SSSR count). The van der Waals surface area contributed by atoms with Crippen LogP contribution in [0.5, 0.6) is 0 Å². The smallest absolute Gasteiger partial charge is 0.319 e. The molecule has 62 valence electrons. The van der Waals surface area contributed by atoms with E-state index in [0.717, 1.165) is 5.56 Å². The third-order valence-electron chi connectivity index (χ3n) is 1.18. The fourth-order valence-corrected chi connectivity index (χ4v) is 0.701. The monoisotopic (exact) mass is 163 g/mol. The third-order valence-corrected chi connectivity index (χ3v) is 1.18. The number of oxime groups is 1. The van der Waals surface area contributed by atoms with Crippen molar-refractivity contribution < 1.29 is 9.63 Å². The first kappa shape index (κ1) is 8.46. The first-order chi connectivity index (χ1) is 5.79. The molecule has 0 spiro atoms. The number of nitrogens with zero attached hydrogens (tertiary/aromatic N) is 1. The van der Waals surface area contributed by atoms with Gasteiger partial charge in [-0.2, -0.15) is 0 Å². The molecular weight excluding hydrogens is 154 g/mol. The maximum atomic E-state index is 10.3. The number of carbonyl (C=O) groups excluding carboxylic acids is 1. The van der Waals surface area contributed by atoms with E-state index in [1.165, 1.54) is 13.1 Å². The van der Waals surface area contributed by atoms with Crippen LogP contribution in [0, 0.1) is 0 Å². The Bertz CT molecular complexity index is 280. The average Bonchev–Trinajstić information content (AvgIpc) is 2.05. The predicted octanol–water partition coefficient (Wildman–Crippen LogP) is 1.58. The number of carbonyl (C=O) groups is 1. The van der Waals surface area contributed by atoms with Crippen LogP contribution < -0.4 is 0 Å². The Balaban J connectivity index is 2.52. The van der Waals surface area contributed by atoms with E-state index < -0.39 is 5.97 Å². The van der Waals surface area contributed by atoms with Crippen molar-refractivity contribution in [2.75, 3.05) is 0 Å². The summed E-state index contributed by atoms with van der Waals surface area (Å²) in [5.74, 6) is -0.415. The summed E-state index contributed by atoms with van der Waals surface area (Å²) in [6.07, 6.45) is 1.49. The lowest BCUT2D eigenvalue weighted by Gasteiger charge is -1.90. The summed E-state index contributed by atoms with van der Waals surface area (Å²) < 4.78 is 0. The quantitative estimate of drug-likeness (QED) is 0.377. The average molecular weight is 163 g/mol. The summed E-state index contributed by atoms with van der Waals surface area (Å²) in [5.41, 5.74) is 0.902. The van der Waals surface area contributed by atoms with Gasteiger partial charge in [-0.25, -0.2) is 4.79 Å². The molecule has 0 saturated carbocycles. The molecular formula is C9H9NO2. The Morgan fingerprint density at radius 2 is 2.08 bits per heavy atom. The lowest BCUT2D eigenvalue weighted by molar-refractivity contribution is -0.140. The van der Waals surface area contributed by atoms with E-state index in [-0.39, 0.29) is 0 Å². The summed E-state index contributed by atoms with van der Waals surface area (Å²) in [7, 11) is 0. The molecule has 1 aromatic rings. The lowest BCUT2D eigenvalue weighted by atomic mass is 10.2. The molecule has 0 fully saturated rings. The van der Waals surface area contributed by atoms with Crippen LogP contribution in [-0.2, 0) is 9.63 Å². The molecule has 12 heavy (non-hydrogen) atoms. The van der Waals surface area contributed by atoms with E-state index in [1.54, 1.807) is 0 Å². The standard InChI is InChI=1S/C9H9NO2/c1-8(11)12-10-7-9-5-3-2-4-6-9/h2-7H,1H3. The Kier molecular flexibility index (Phi) is 3.02. The summed E-state index contributed by atoms with van der Waals surface area (Å²) in [6.45, 7) is 1.31. The molecule has 0 unspecified atom stereocenters. The number of hydrogen-bond donors (Lipinski definition) is 0.